The van der Waals surface area contributed by atoms with Crippen LogP contribution in [-0.2, 0) is 25.4 Å². The number of imidazole rings is 1. The van der Waals surface area contributed by atoms with E-state index in [4.69, 9.17) is 0 Å². The molecule has 0 bridgehead atoms. The van der Waals surface area contributed by atoms with Crippen LogP contribution in [0.1, 0.15) is 23.5 Å². The second kappa shape index (κ2) is 9.05. The van der Waals surface area contributed by atoms with E-state index in [0.717, 1.165) is 11.0 Å². The van der Waals surface area contributed by atoms with E-state index in [9.17, 15) is 14.4 Å². The van der Waals surface area contributed by atoms with Gasteiger partial charge in [0.05, 0.1) is 6.33 Å². The first-order valence-electron chi connectivity index (χ1n) is 10.4. The highest BCUT2D eigenvalue weighted by Crippen LogP contribution is 2.27. The summed E-state index contributed by atoms with van der Waals surface area (Å²) < 4.78 is 3.80. The number of nitrogens with one attached hydrogen (secondary N) is 1. The molecule has 0 aliphatic carbocycles. The number of carbonyl (C=O) groups excluding carboxylic acids is 1. The number of hydrogen-bond acceptors (Lipinski definition) is 4. The van der Waals surface area contributed by atoms with Crippen LogP contribution >= 0.6 is 0 Å². The Hall–Kier alpha value is -3.94. The average Bonchev–Trinajstić information content (AvgIpc) is 3.24. The molecule has 0 fully saturated rings. The van der Waals surface area contributed by atoms with E-state index in [-0.39, 0.29) is 29.5 Å². The molecular weight excluding hydrogens is 406 g/mol. The molecule has 0 radical (unpaired) electrons. The van der Waals surface area contributed by atoms with Crippen molar-refractivity contribution in [3.05, 3.63) is 99.0 Å². The van der Waals surface area contributed by atoms with Gasteiger partial charge in [0, 0.05) is 26.6 Å². The monoisotopic (exact) mass is 431 g/mol. The Balaban J connectivity index is 1.47. The summed E-state index contributed by atoms with van der Waals surface area (Å²) in [5, 5.41) is 2.95. The van der Waals surface area contributed by atoms with Crippen molar-refractivity contribution in [3.8, 4) is 0 Å². The molecule has 0 unspecified atom stereocenters. The van der Waals surface area contributed by atoms with Gasteiger partial charge < -0.3 is 9.88 Å². The molecule has 0 saturated heterocycles. The van der Waals surface area contributed by atoms with Crippen LogP contribution in [0.15, 0.2) is 76.6 Å². The van der Waals surface area contributed by atoms with Crippen LogP contribution in [0.25, 0.3) is 11.2 Å². The summed E-state index contributed by atoms with van der Waals surface area (Å²) >= 11 is 0. The van der Waals surface area contributed by atoms with Crippen LogP contribution in [0, 0.1) is 0 Å². The molecular formula is C24H25N5O3. The SMILES string of the molecule is Cn1c(=O)c2c(ncn2CC(=O)NCCC(c2ccccc2)c2ccccc2)n(C)c1=O. The van der Waals surface area contributed by atoms with Crippen LogP contribution in [0.3, 0.4) is 0 Å². The number of aryl methyl sites for hydroxylation is 1. The van der Waals surface area contributed by atoms with E-state index in [0.29, 0.717) is 6.54 Å². The van der Waals surface area contributed by atoms with Crippen LogP contribution in [0.2, 0.25) is 0 Å². The first-order chi connectivity index (χ1) is 15.5. The van der Waals surface area contributed by atoms with Crippen LogP contribution < -0.4 is 16.6 Å². The summed E-state index contributed by atoms with van der Waals surface area (Å²) in [4.78, 5) is 41.4. The molecule has 1 amide bonds. The lowest BCUT2D eigenvalue weighted by atomic mass is 9.88. The zero-order chi connectivity index (χ0) is 22.7. The van der Waals surface area contributed by atoms with Crippen molar-refractivity contribution in [2.75, 3.05) is 6.54 Å². The van der Waals surface area contributed by atoms with Gasteiger partial charge in [-0.15, -0.1) is 0 Å². The van der Waals surface area contributed by atoms with Gasteiger partial charge in [-0.25, -0.2) is 9.78 Å². The number of fused-ring (bicyclic) bond motifs is 1. The van der Waals surface area contributed by atoms with Gasteiger partial charge in [0.1, 0.15) is 6.54 Å². The minimum Gasteiger partial charge on any atom is -0.355 e. The number of rotatable bonds is 7. The van der Waals surface area contributed by atoms with Crippen LogP contribution in [0.4, 0.5) is 0 Å². The highest BCUT2D eigenvalue weighted by Gasteiger charge is 2.17. The topological polar surface area (TPSA) is 90.9 Å². The summed E-state index contributed by atoms with van der Waals surface area (Å²) in [6.45, 7) is 0.432. The number of aromatic nitrogens is 4. The van der Waals surface area contributed by atoms with Gasteiger partial charge in [-0.3, -0.25) is 18.7 Å². The highest BCUT2D eigenvalue weighted by molar-refractivity contribution is 5.78. The summed E-state index contributed by atoms with van der Waals surface area (Å²) in [6.07, 6.45) is 2.16. The molecule has 2 aromatic heterocycles. The summed E-state index contributed by atoms with van der Waals surface area (Å²) in [5.41, 5.74) is 1.96. The van der Waals surface area contributed by atoms with Gasteiger partial charge in [0.2, 0.25) is 5.91 Å². The van der Waals surface area contributed by atoms with E-state index in [1.165, 1.54) is 33.6 Å². The summed E-state index contributed by atoms with van der Waals surface area (Å²) in [7, 11) is 2.96. The van der Waals surface area contributed by atoms with Gasteiger partial charge in [-0.05, 0) is 17.5 Å². The predicted octanol–water partition coefficient (Wildman–Crippen LogP) is 1.77. The molecule has 2 heterocycles. The van der Waals surface area contributed by atoms with Gasteiger partial charge in [0.25, 0.3) is 5.56 Å². The van der Waals surface area contributed by atoms with Gasteiger partial charge in [-0.2, -0.15) is 0 Å². The van der Waals surface area contributed by atoms with Crippen molar-refractivity contribution in [3.63, 3.8) is 0 Å². The Bertz CT molecular complexity index is 1310. The van der Waals surface area contributed by atoms with Crippen molar-refractivity contribution in [2.24, 2.45) is 14.1 Å². The molecule has 2 aromatic carbocycles. The second-order valence-electron chi connectivity index (χ2n) is 7.76. The van der Waals surface area contributed by atoms with Crippen molar-refractivity contribution in [1.82, 2.24) is 24.0 Å². The molecule has 32 heavy (non-hydrogen) atoms. The zero-order valence-corrected chi connectivity index (χ0v) is 18.1. The first kappa shape index (κ1) is 21.3. The summed E-state index contributed by atoms with van der Waals surface area (Å²) in [5.74, 6) is -0.0614. The Morgan fingerprint density at radius 3 is 2.12 bits per heavy atom. The standard InChI is InChI=1S/C24H25N5O3/c1-27-22-21(23(31)28(2)24(27)32)29(16-26-22)15-20(30)25-14-13-19(17-9-5-3-6-10-17)18-11-7-4-8-12-18/h3-12,16,19H,13-15H2,1-2H3,(H,25,30). The maximum Gasteiger partial charge on any atom is 0.332 e. The normalized spacial score (nSPS) is 11.2. The van der Waals surface area contributed by atoms with Crippen molar-refractivity contribution >= 4 is 17.1 Å². The lowest BCUT2D eigenvalue weighted by Gasteiger charge is -2.18. The van der Waals surface area contributed by atoms with Crippen molar-refractivity contribution in [2.45, 2.75) is 18.9 Å². The molecule has 0 saturated carbocycles. The third-order valence-electron chi connectivity index (χ3n) is 5.69. The fourth-order valence-electron chi connectivity index (χ4n) is 3.98. The van der Waals surface area contributed by atoms with E-state index >= 15 is 0 Å². The predicted molar refractivity (Wildman–Crippen MR) is 123 cm³/mol. The molecule has 8 heteroatoms. The fourth-order valence-corrected chi connectivity index (χ4v) is 3.98. The number of benzene rings is 2. The molecule has 4 aromatic rings. The fraction of sp³-hybridized carbons (Fsp3) is 0.250. The minimum atomic E-state index is -0.471. The third kappa shape index (κ3) is 4.12. The Kier molecular flexibility index (Phi) is 6.02. The van der Waals surface area contributed by atoms with E-state index in [1.54, 1.807) is 7.05 Å². The van der Waals surface area contributed by atoms with Crippen molar-refractivity contribution in [1.29, 1.82) is 0 Å². The molecule has 4 rings (SSSR count). The maximum atomic E-state index is 12.6. The lowest BCUT2D eigenvalue weighted by molar-refractivity contribution is -0.121. The summed E-state index contributed by atoms with van der Waals surface area (Å²) in [6, 6.07) is 20.4. The molecule has 0 aliphatic heterocycles. The molecule has 0 aliphatic rings. The molecule has 164 valence electrons. The van der Waals surface area contributed by atoms with E-state index < -0.39 is 11.2 Å². The second-order valence-corrected chi connectivity index (χ2v) is 7.76. The highest BCUT2D eigenvalue weighted by atomic mass is 16.2. The van der Waals surface area contributed by atoms with Crippen LogP contribution in [0.5, 0.6) is 0 Å². The zero-order valence-electron chi connectivity index (χ0n) is 18.1. The first-order valence-corrected chi connectivity index (χ1v) is 10.4. The van der Waals surface area contributed by atoms with Crippen molar-refractivity contribution < 1.29 is 4.79 Å². The smallest absolute Gasteiger partial charge is 0.332 e. The Labute approximate surface area is 184 Å². The molecule has 0 spiro atoms. The largest absolute Gasteiger partial charge is 0.355 e. The maximum absolute atomic E-state index is 12.6. The molecule has 0 atom stereocenters. The van der Waals surface area contributed by atoms with Gasteiger partial charge in [-0.1, -0.05) is 60.7 Å². The quantitative estimate of drug-likeness (QED) is 0.483. The molecule has 8 nitrogen and oxygen atoms in total. The average molecular weight is 431 g/mol. The number of nitrogens with zero attached hydrogens (tertiary/aromatic N) is 4. The number of amides is 1. The Morgan fingerprint density at radius 2 is 1.53 bits per heavy atom. The van der Waals surface area contributed by atoms with E-state index in [1.807, 2.05) is 36.4 Å². The minimum absolute atomic E-state index is 0.0503. The van der Waals surface area contributed by atoms with E-state index in [2.05, 4.69) is 34.6 Å². The molecule has 1 N–H and O–H groups in total. The number of carbonyl (C=O) groups is 1. The van der Waals surface area contributed by atoms with Gasteiger partial charge in [0.15, 0.2) is 11.2 Å². The third-order valence-corrected chi connectivity index (χ3v) is 5.69. The number of hydrogen-bond donors (Lipinski definition) is 1. The lowest BCUT2D eigenvalue weighted by Crippen LogP contribution is -2.38. The van der Waals surface area contributed by atoms with Gasteiger partial charge >= 0.3 is 5.69 Å². The Morgan fingerprint density at radius 1 is 0.938 bits per heavy atom. The van der Waals surface area contributed by atoms with Crippen LogP contribution in [-0.4, -0.2) is 31.1 Å².